The summed E-state index contributed by atoms with van der Waals surface area (Å²) in [6.07, 6.45) is -5.49. The van der Waals surface area contributed by atoms with E-state index in [1.807, 2.05) is 5.32 Å². The highest BCUT2D eigenvalue weighted by atomic mass is 32.1. The first-order valence-electron chi connectivity index (χ1n) is 4.72. The molecule has 0 unspecified atom stereocenters. The van der Waals surface area contributed by atoms with E-state index in [4.69, 9.17) is 5.11 Å². The number of thiophene rings is 1. The number of anilines is 1. The highest BCUT2D eigenvalue weighted by Gasteiger charge is 2.26. The lowest BCUT2D eigenvalue weighted by Crippen LogP contribution is -2.31. The van der Waals surface area contributed by atoms with Crippen molar-refractivity contribution in [3.05, 3.63) is 17.0 Å². The molecular formula is C9H9F3N2O3S. The van der Waals surface area contributed by atoms with Gasteiger partial charge in [-0.1, -0.05) is 0 Å². The quantitative estimate of drug-likeness (QED) is 0.794. The van der Waals surface area contributed by atoms with E-state index in [2.05, 4.69) is 5.32 Å². The number of carboxylic acid groups (broad SMARTS) is 1. The fourth-order valence-corrected chi connectivity index (χ4v) is 1.81. The van der Waals surface area contributed by atoms with Gasteiger partial charge in [0.25, 0.3) is 0 Å². The predicted octanol–water partition coefficient (Wildman–Crippen LogP) is 2.52. The number of alkyl halides is 3. The van der Waals surface area contributed by atoms with Crippen LogP contribution >= 0.6 is 11.3 Å². The van der Waals surface area contributed by atoms with Gasteiger partial charge in [-0.3, -0.25) is 5.32 Å². The highest BCUT2D eigenvalue weighted by Crippen LogP contribution is 2.23. The summed E-state index contributed by atoms with van der Waals surface area (Å²) in [5.74, 6) is -1.22. The minimum absolute atomic E-state index is 0.0759. The molecule has 100 valence electrons. The number of halogens is 3. The van der Waals surface area contributed by atoms with Gasteiger partial charge >= 0.3 is 18.2 Å². The molecule has 0 saturated carbocycles. The number of amides is 2. The molecule has 9 heteroatoms. The number of carbonyl (C=O) groups is 2. The maximum atomic E-state index is 11.8. The SMILES string of the molecule is O=C(NCCC(F)(F)F)Nc1sccc1C(=O)O. The molecule has 0 bridgehead atoms. The Morgan fingerprint density at radius 1 is 1.39 bits per heavy atom. The summed E-state index contributed by atoms with van der Waals surface area (Å²) in [5, 5.41) is 14.4. The van der Waals surface area contributed by atoms with Gasteiger partial charge < -0.3 is 10.4 Å². The maximum absolute atomic E-state index is 11.8. The molecule has 0 aliphatic carbocycles. The Morgan fingerprint density at radius 2 is 2.06 bits per heavy atom. The van der Waals surface area contributed by atoms with Crippen molar-refractivity contribution in [3.63, 3.8) is 0 Å². The van der Waals surface area contributed by atoms with Gasteiger partial charge in [-0.25, -0.2) is 9.59 Å². The van der Waals surface area contributed by atoms with Crippen molar-refractivity contribution in [3.8, 4) is 0 Å². The zero-order valence-electron chi connectivity index (χ0n) is 8.87. The van der Waals surface area contributed by atoms with Crippen LogP contribution in [0.1, 0.15) is 16.8 Å². The van der Waals surface area contributed by atoms with Crippen LogP contribution in [0, 0.1) is 0 Å². The second kappa shape index (κ2) is 5.71. The number of rotatable bonds is 4. The zero-order chi connectivity index (χ0) is 13.8. The summed E-state index contributed by atoms with van der Waals surface area (Å²) in [7, 11) is 0. The van der Waals surface area contributed by atoms with Crippen molar-refractivity contribution < 1.29 is 27.9 Å². The largest absolute Gasteiger partial charge is 0.478 e. The first-order valence-corrected chi connectivity index (χ1v) is 5.60. The number of carboxylic acids is 1. The normalized spacial score (nSPS) is 11.1. The zero-order valence-corrected chi connectivity index (χ0v) is 9.69. The van der Waals surface area contributed by atoms with E-state index in [-0.39, 0.29) is 10.6 Å². The third-order valence-corrected chi connectivity index (χ3v) is 2.65. The van der Waals surface area contributed by atoms with Crippen LogP contribution in [-0.4, -0.2) is 29.8 Å². The van der Waals surface area contributed by atoms with Crippen LogP contribution in [-0.2, 0) is 0 Å². The number of carbonyl (C=O) groups excluding carboxylic acids is 1. The van der Waals surface area contributed by atoms with Crippen LogP contribution in [0.5, 0.6) is 0 Å². The van der Waals surface area contributed by atoms with Crippen LogP contribution in [0.15, 0.2) is 11.4 Å². The van der Waals surface area contributed by atoms with Crippen molar-refractivity contribution in [1.82, 2.24) is 5.32 Å². The van der Waals surface area contributed by atoms with Crippen LogP contribution in [0.2, 0.25) is 0 Å². The maximum Gasteiger partial charge on any atom is 0.390 e. The van der Waals surface area contributed by atoms with E-state index in [1.165, 1.54) is 11.4 Å². The lowest BCUT2D eigenvalue weighted by molar-refractivity contribution is -0.132. The Bertz CT molecular complexity index is 445. The Labute approximate surface area is 104 Å². The fourth-order valence-electron chi connectivity index (χ4n) is 1.04. The monoisotopic (exact) mass is 282 g/mol. The van der Waals surface area contributed by atoms with Crippen molar-refractivity contribution >= 4 is 28.3 Å². The van der Waals surface area contributed by atoms with Crippen molar-refractivity contribution in [2.75, 3.05) is 11.9 Å². The molecule has 0 radical (unpaired) electrons. The number of urea groups is 1. The van der Waals surface area contributed by atoms with E-state index < -0.39 is 31.1 Å². The fraction of sp³-hybridized carbons (Fsp3) is 0.333. The van der Waals surface area contributed by atoms with Crippen LogP contribution in [0.3, 0.4) is 0 Å². The van der Waals surface area contributed by atoms with Gasteiger partial charge in [0.15, 0.2) is 0 Å². The number of hydrogen-bond acceptors (Lipinski definition) is 3. The van der Waals surface area contributed by atoms with Gasteiger partial charge in [0.2, 0.25) is 0 Å². The molecule has 1 rings (SSSR count). The van der Waals surface area contributed by atoms with Gasteiger partial charge in [0, 0.05) is 6.54 Å². The van der Waals surface area contributed by atoms with E-state index in [0.29, 0.717) is 0 Å². The molecule has 5 nitrogen and oxygen atoms in total. The Kier molecular flexibility index (Phi) is 4.54. The van der Waals surface area contributed by atoms with Crippen LogP contribution < -0.4 is 10.6 Å². The van der Waals surface area contributed by atoms with Gasteiger partial charge in [-0.15, -0.1) is 11.3 Å². The molecule has 2 amide bonds. The molecular weight excluding hydrogens is 273 g/mol. The second-order valence-electron chi connectivity index (χ2n) is 3.21. The third kappa shape index (κ3) is 4.62. The first kappa shape index (κ1) is 14.3. The standard InChI is InChI=1S/C9H9F3N2O3S/c10-9(11,12)2-3-13-8(17)14-6-5(7(15)16)1-4-18-6/h1,4H,2-3H2,(H,15,16)(H2,13,14,17). The van der Waals surface area contributed by atoms with E-state index in [9.17, 15) is 22.8 Å². The first-order chi connectivity index (χ1) is 8.29. The van der Waals surface area contributed by atoms with Crippen molar-refractivity contribution in [1.29, 1.82) is 0 Å². The molecule has 0 atom stereocenters. The van der Waals surface area contributed by atoms with Gasteiger partial charge in [-0.2, -0.15) is 13.2 Å². The summed E-state index contributed by atoms with van der Waals surface area (Å²) >= 11 is 0.970. The average Bonchev–Trinajstić information content (AvgIpc) is 2.63. The molecule has 0 aliphatic heterocycles. The lowest BCUT2D eigenvalue weighted by atomic mass is 10.3. The van der Waals surface area contributed by atoms with Crippen molar-refractivity contribution in [2.24, 2.45) is 0 Å². The molecule has 0 spiro atoms. The average molecular weight is 282 g/mol. The van der Waals surface area contributed by atoms with Gasteiger partial charge in [0.1, 0.15) is 5.00 Å². The second-order valence-corrected chi connectivity index (χ2v) is 4.13. The summed E-state index contributed by atoms with van der Waals surface area (Å²) in [6, 6.07) is 0.419. The minimum Gasteiger partial charge on any atom is -0.478 e. The molecule has 0 aliphatic rings. The third-order valence-electron chi connectivity index (χ3n) is 1.82. The van der Waals surface area contributed by atoms with E-state index in [1.54, 1.807) is 0 Å². The minimum atomic E-state index is -4.34. The molecule has 3 N–H and O–H groups in total. The predicted molar refractivity (Wildman–Crippen MR) is 59.0 cm³/mol. The molecule has 1 aromatic rings. The summed E-state index contributed by atoms with van der Waals surface area (Å²) in [4.78, 5) is 21.9. The number of hydrogen-bond donors (Lipinski definition) is 3. The Hall–Kier alpha value is -1.77. The molecule has 1 aromatic heterocycles. The Balaban J connectivity index is 2.45. The lowest BCUT2D eigenvalue weighted by Gasteiger charge is -2.08. The van der Waals surface area contributed by atoms with Gasteiger partial charge in [0.05, 0.1) is 12.0 Å². The molecule has 0 aromatic carbocycles. The number of nitrogens with one attached hydrogen (secondary N) is 2. The summed E-state index contributed by atoms with van der Waals surface area (Å²) in [5.41, 5.74) is -0.106. The summed E-state index contributed by atoms with van der Waals surface area (Å²) < 4.78 is 35.4. The molecule has 1 heterocycles. The van der Waals surface area contributed by atoms with E-state index >= 15 is 0 Å². The highest BCUT2D eigenvalue weighted by molar-refractivity contribution is 7.14. The number of aromatic carboxylic acids is 1. The van der Waals surface area contributed by atoms with Crippen LogP contribution in [0.4, 0.5) is 23.0 Å². The van der Waals surface area contributed by atoms with Gasteiger partial charge in [-0.05, 0) is 11.4 Å². The molecule has 18 heavy (non-hydrogen) atoms. The Morgan fingerprint density at radius 3 is 2.61 bits per heavy atom. The molecule has 0 saturated heterocycles. The van der Waals surface area contributed by atoms with E-state index in [0.717, 1.165) is 11.3 Å². The van der Waals surface area contributed by atoms with Crippen molar-refractivity contribution in [2.45, 2.75) is 12.6 Å². The smallest absolute Gasteiger partial charge is 0.390 e. The van der Waals surface area contributed by atoms with Crippen LogP contribution in [0.25, 0.3) is 0 Å². The molecule has 0 fully saturated rings. The topological polar surface area (TPSA) is 78.4 Å². The summed E-state index contributed by atoms with van der Waals surface area (Å²) in [6.45, 7) is -0.566.